The van der Waals surface area contributed by atoms with Gasteiger partial charge in [0.2, 0.25) is 5.91 Å². The molecule has 1 unspecified atom stereocenters. The van der Waals surface area contributed by atoms with Gasteiger partial charge in [0.1, 0.15) is 12.4 Å². The van der Waals surface area contributed by atoms with Gasteiger partial charge in [-0.15, -0.1) is 24.0 Å². The lowest BCUT2D eigenvalue weighted by Gasteiger charge is -2.21. The van der Waals surface area contributed by atoms with Gasteiger partial charge in [0, 0.05) is 36.6 Å². The molecule has 2 N–H and O–H groups in total. The normalized spacial score (nSPS) is 19.7. The molecule has 0 radical (unpaired) electrons. The van der Waals surface area contributed by atoms with Crippen molar-refractivity contribution in [1.82, 2.24) is 15.5 Å². The summed E-state index contributed by atoms with van der Waals surface area (Å²) in [7, 11) is 0. The highest BCUT2D eigenvalue weighted by Crippen LogP contribution is 2.27. The van der Waals surface area contributed by atoms with Crippen molar-refractivity contribution < 1.29 is 9.53 Å². The number of hydrogen-bond donors (Lipinski definition) is 2. The number of nitrogens with zero attached hydrogens (tertiary/aromatic N) is 2. The first kappa shape index (κ1) is 24.1. The number of nitrogens with one attached hydrogen (secondary N) is 2. The first-order valence-electron chi connectivity index (χ1n) is 10.4. The predicted octanol–water partition coefficient (Wildman–Crippen LogP) is 3.68. The fourth-order valence-corrected chi connectivity index (χ4v) is 4.00. The number of halogens is 2. The molecule has 1 aromatic carbocycles. The van der Waals surface area contributed by atoms with Gasteiger partial charge >= 0.3 is 0 Å². The van der Waals surface area contributed by atoms with Gasteiger partial charge in [-0.25, -0.2) is 4.99 Å². The van der Waals surface area contributed by atoms with Crippen molar-refractivity contribution >= 4 is 47.4 Å². The van der Waals surface area contributed by atoms with Gasteiger partial charge in [0.15, 0.2) is 5.96 Å². The van der Waals surface area contributed by atoms with E-state index >= 15 is 0 Å². The highest BCUT2D eigenvalue weighted by molar-refractivity contribution is 14.0. The van der Waals surface area contributed by atoms with Gasteiger partial charge in [-0.3, -0.25) is 4.79 Å². The van der Waals surface area contributed by atoms with Gasteiger partial charge in [-0.05, 0) is 50.5 Å². The molecule has 1 saturated heterocycles. The van der Waals surface area contributed by atoms with Gasteiger partial charge < -0.3 is 20.3 Å². The molecule has 6 nitrogen and oxygen atoms in total. The number of hydrogen-bond acceptors (Lipinski definition) is 3. The molecule has 1 heterocycles. The third-order valence-electron chi connectivity index (χ3n) is 5.33. The van der Waals surface area contributed by atoms with Crippen LogP contribution in [0.3, 0.4) is 0 Å². The van der Waals surface area contributed by atoms with Crippen LogP contribution in [0.1, 0.15) is 39.0 Å². The predicted molar refractivity (Wildman–Crippen MR) is 128 cm³/mol. The minimum Gasteiger partial charge on any atom is -0.492 e. The minimum atomic E-state index is 0. The second-order valence-electron chi connectivity index (χ2n) is 7.46. The Balaban J connectivity index is 0.00000300. The first-order chi connectivity index (χ1) is 13.7. The first-order valence-corrected chi connectivity index (χ1v) is 10.8. The van der Waals surface area contributed by atoms with Crippen molar-refractivity contribution in [3.63, 3.8) is 0 Å². The molecule has 0 spiro atoms. The lowest BCUT2D eigenvalue weighted by atomic mass is 10.1. The number of likely N-dealkylation sites (tertiary alicyclic amines) is 1. The van der Waals surface area contributed by atoms with E-state index in [2.05, 4.69) is 15.6 Å². The topological polar surface area (TPSA) is 66.0 Å². The van der Waals surface area contributed by atoms with Crippen LogP contribution in [0, 0.1) is 5.92 Å². The number of rotatable bonds is 7. The number of ether oxygens (including phenoxy) is 1. The fourth-order valence-electron chi connectivity index (χ4n) is 3.87. The van der Waals surface area contributed by atoms with Gasteiger partial charge in [-0.1, -0.05) is 24.4 Å². The lowest BCUT2D eigenvalue weighted by molar-refractivity contribution is -0.134. The third kappa shape index (κ3) is 7.51. The van der Waals surface area contributed by atoms with Crippen molar-refractivity contribution in [3.05, 3.63) is 29.3 Å². The Morgan fingerprint density at radius 1 is 1.24 bits per heavy atom. The second kappa shape index (κ2) is 12.5. The van der Waals surface area contributed by atoms with Crippen molar-refractivity contribution in [2.45, 2.75) is 45.1 Å². The van der Waals surface area contributed by atoms with E-state index in [1.807, 2.05) is 36.1 Å². The molecule has 0 aromatic heterocycles. The molecule has 1 saturated carbocycles. The van der Waals surface area contributed by atoms with Crippen LogP contribution in [0.15, 0.2) is 29.3 Å². The molecule has 0 bridgehead atoms. The highest BCUT2D eigenvalue weighted by atomic mass is 127. The smallest absolute Gasteiger partial charge is 0.225 e. The molecule has 1 aromatic rings. The van der Waals surface area contributed by atoms with E-state index in [1.54, 1.807) is 0 Å². The fraction of sp³-hybridized carbons (Fsp3) is 0.619. The summed E-state index contributed by atoms with van der Waals surface area (Å²) in [6.45, 7) is 5.49. The number of aliphatic imine (C=N–C) groups is 1. The molecule has 29 heavy (non-hydrogen) atoms. The van der Waals surface area contributed by atoms with Gasteiger partial charge in [-0.2, -0.15) is 0 Å². The Hall–Kier alpha value is -1.22. The summed E-state index contributed by atoms with van der Waals surface area (Å²) >= 11 is 5.88. The third-order valence-corrected chi connectivity index (χ3v) is 5.58. The summed E-state index contributed by atoms with van der Waals surface area (Å²) in [5.41, 5.74) is 0. The maximum atomic E-state index is 12.6. The quantitative estimate of drug-likeness (QED) is 0.242. The lowest BCUT2D eigenvalue weighted by Crippen LogP contribution is -2.45. The summed E-state index contributed by atoms with van der Waals surface area (Å²) in [5, 5.41) is 7.44. The Morgan fingerprint density at radius 3 is 2.66 bits per heavy atom. The van der Waals surface area contributed by atoms with Gasteiger partial charge in [0.05, 0.1) is 6.54 Å². The van der Waals surface area contributed by atoms with E-state index in [0.717, 1.165) is 50.6 Å². The van der Waals surface area contributed by atoms with Crippen LogP contribution in [0.2, 0.25) is 5.02 Å². The minimum absolute atomic E-state index is 0. The van der Waals surface area contributed by atoms with Crippen molar-refractivity contribution in [2.24, 2.45) is 10.9 Å². The molecular formula is C21H32ClIN4O2. The molecule has 8 heteroatoms. The zero-order chi connectivity index (χ0) is 19.8. The number of carbonyl (C=O) groups is 1. The summed E-state index contributed by atoms with van der Waals surface area (Å²) in [6.07, 6.45) is 5.48. The molecule has 3 rings (SSSR count). The van der Waals surface area contributed by atoms with E-state index in [4.69, 9.17) is 16.3 Å². The van der Waals surface area contributed by atoms with Crippen LogP contribution in [0.25, 0.3) is 0 Å². The average molecular weight is 535 g/mol. The standard InChI is InChI=1S/C21H31ClN4O2.HI/c1-2-23-21(24-12-14-28-19-9-7-17(22)8-10-19)25-18-11-13-26(15-18)20(27)16-5-3-4-6-16;/h7-10,16,18H,2-6,11-15H2,1H3,(H2,23,24,25);1H. The molecule has 162 valence electrons. The molecule has 1 aliphatic heterocycles. The molecule has 2 aliphatic rings. The van der Waals surface area contributed by atoms with Crippen molar-refractivity contribution in [2.75, 3.05) is 32.8 Å². The SMILES string of the molecule is CCNC(=NCCOc1ccc(Cl)cc1)NC1CCN(C(=O)C2CCCC2)C1.I. The zero-order valence-corrected chi connectivity index (χ0v) is 20.1. The summed E-state index contributed by atoms with van der Waals surface area (Å²) in [5.74, 6) is 2.17. The zero-order valence-electron chi connectivity index (χ0n) is 17.0. The van der Waals surface area contributed by atoms with E-state index in [1.165, 1.54) is 12.8 Å². The van der Waals surface area contributed by atoms with E-state index in [-0.39, 0.29) is 35.9 Å². The van der Waals surface area contributed by atoms with Crippen LogP contribution in [-0.4, -0.2) is 55.6 Å². The Kier molecular flexibility index (Phi) is 10.3. The number of amides is 1. The monoisotopic (exact) mass is 534 g/mol. The molecule has 1 atom stereocenters. The Labute approximate surface area is 195 Å². The van der Waals surface area contributed by atoms with E-state index < -0.39 is 0 Å². The van der Waals surface area contributed by atoms with Crippen molar-refractivity contribution in [1.29, 1.82) is 0 Å². The van der Waals surface area contributed by atoms with Crippen LogP contribution >= 0.6 is 35.6 Å². The average Bonchev–Trinajstić information content (AvgIpc) is 3.38. The molecule has 1 aliphatic carbocycles. The maximum absolute atomic E-state index is 12.6. The number of carbonyl (C=O) groups excluding carboxylic acids is 1. The van der Waals surface area contributed by atoms with Crippen LogP contribution < -0.4 is 15.4 Å². The number of benzene rings is 1. The molecule has 1 amide bonds. The van der Waals surface area contributed by atoms with E-state index in [9.17, 15) is 4.79 Å². The largest absolute Gasteiger partial charge is 0.492 e. The summed E-state index contributed by atoms with van der Waals surface area (Å²) in [6, 6.07) is 7.57. The Morgan fingerprint density at radius 2 is 1.97 bits per heavy atom. The molecular weight excluding hydrogens is 503 g/mol. The second-order valence-corrected chi connectivity index (χ2v) is 7.90. The highest BCUT2D eigenvalue weighted by Gasteiger charge is 2.32. The van der Waals surface area contributed by atoms with Crippen LogP contribution in [-0.2, 0) is 4.79 Å². The van der Waals surface area contributed by atoms with Crippen LogP contribution in [0.4, 0.5) is 0 Å². The number of guanidine groups is 1. The summed E-state index contributed by atoms with van der Waals surface area (Å²) < 4.78 is 5.69. The summed E-state index contributed by atoms with van der Waals surface area (Å²) in [4.78, 5) is 19.2. The Bertz CT molecular complexity index is 665. The van der Waals surface area contributed by atoms with Gasteiger partial charge in [0.25, 0.3) is 0 Å². The van der Waals surface area contributed by atoms with E-state index in [0.29, 0.717) is 24.1 Å². The molecule has 2 fully saturated rings. The maximum Gasteiger partial charge on any atom is 0.225 e. The van der Waals surface area contributed by atoms with Crippen molar-refractivity contribution in [3.8, 4) is 5.75 Å². The van der Waals surface area contributed by atoms with Crippen LogP contribution in [0.5, 0.6) is 5.75 Å².